The third-order valence-corrected chi connectivity index (χ3v) is 3.52. The minimum absolute atomic E-state index is 0.134. The van der Waals surface area contributed by atoms with Crippen molar-refractivity contribution < 1.29 is 14.7 Å². The number of piperidine rings is 1. The lowest BCUT2D eigenvalue weighted by Gasteiger charge is -2.14. The van der Waals surface area contributed by atoms with Gasteiger partial charge >= 0.3 is 6.09 Å². The molecule has 1 amide bonds. The molecule has 1 heterocycles. The Labute approximate surface area is 84.0 Å². The zero-order chi connectivity index (χ0) is 9.59. The van der Waals surface area contributed by atoms with Gasteiger partial charge in [0, 0.05) is 19.0 Å². The first kappa shape index (κ1) is 8.99. The van der Waals surface area contributed by atoms with E-state index in [9.17, 15) is 9.59 Å². The number of hydrogen-bond donors (Lipinski definition) is 1. The number of fused-ring (bicyclic) bond motifs is 1. The summed E-state index contributed by atoms with van der Waals surface area (Å²) in [5.41, 5.74) is 0. The van der Waals surface area contributed by atoms with Gasteiger partial charge in [-0.1, -0.05) is 15.9 Å². The van der Waals surface area contributed by atoms with Gasteiger partial charge in [0.25, 0.3) is 0 Å². The summed E-state index contributed by atoms with van der Waals surface area (Å²) in [6.45, 7) is 1.09. The molecule has 0 aromatic rings. The summed E-state index contributed by atoms with van der Waals surface area (Å²) in [5, 5.41) is 9.07. The quantitative estimate of drug-likeness (QED) is 0.735. The number of carbonyl (C=O) groups excluding carboxylic acids is 1. The lowest BCUT2D eigenvalue weighted by atomic mass is 10.2. The van der Waals surface area contributed by atoms with Crippen LogP contribution in [0.15, 0.2) is 0 Å². The number of rotatable bonds is 2. The molecular weight excluding hydrogens is 238 g/mol. The number of amides is 1. The molecule has 1 N–H and O–H groups in total. The predicted octanol–water partition coefficient (Wildman–Crippen LogP) is 0.806. The van der Waals surface area contributed by atoms with E-state index in [-0.39, 0.29) is 11.7 Å². The Kier molecular flexibility index (Phi) is 2.06. The molecule has 0 spiro atoms. The van der Waals surface area contributed by atoms with Crippen LogP contribution in [-0.2, 0) is 4.79 Å². The molecule has 1 saturated heterocycles. The fraction of sp³-hybridized carbons (Fsp3) is 0.750. The summed E-state index contributed by atoms with van der Waals surface area (Å²) in [7, 11) is 0. The molecule has 5 heteroatoms. The van der Waals surface area contributed by atoms with Crippen molar-refractivity contribution in [3.63, 3.8) is 0 Å². The normalized spacial score (nSPS) is 35.8. The van der Waals surface area contributed by atoms with Crippen LogP contribution >= 0.6 is 15.9 Å². The van der Waals surface area contributed by atoms with Gasteiger partial charge in [-0.15, -0.1) is 0 Å². The van der Waals surface area contributed by atoms with Gasteiger partial charge in [-0.3, -0.25) is 4.79 Å². The fourth-order valence-corrected chi connectivity index (χ4v) is 2.62. The second kappa shape index (κ2) is 2.97. The zero-order valence-corrected chi connectivity index (χ0v) is 8.53. The molecule has 13 heavy (non-hydrogen) atoms. The molecule has 3 atom stereocenters. The van der Waals surface area contributed by atoms with Crippen LogP contribution < -0.4 is 0 Å². The van der Waals surface area contributed by atoms with Crippen molar-refractivity contribution in [3.05, 3.63) is 0 Å². The highest BCUT2D eigenvalue weighted by atomic mass is 79.9. The van der Waals surface area contributed by atoms with E-state index in [0.29, 0.717) is 30.3 Å². The molecule has 2 fully saturated rings. The van der Waals surface area contributed by atoms with Crippen molar-refractivity contribution in [3.8, 4) is 0 Å². The standard InChI is InChI=1S/C8H10BrNO3/c9-1-6(11)7-4-2-10(8(12)13)3-5(4)7/h4-5,7H,1-3H2,(H,12,13)/t4-,5?,7+/m0/s1. The number of Topliss-reactive ketones (excluding diaryl/α,β-unsaturated/α-hetero) is 1. The third kappa shape index (κ3) is 1.35. The van der Waals surface area contributed by atoms with Gasteiger partial charge in [0.1, 0.15) is 5.78 Å². The maximum Gasteiger partial charge on any atom is 0.407 e. The summed E-state index contributed by atoms with van der Waals surface area (Å²) >= 11 is 3.13. The molecule has 0 aromatic carbocycles. The molecule has 1 aliphatic heterocycles. The summed E-state index contributed by atoms with van der Waals surface area (Å²) in [4.78, 5) is 23.2. The minimum atomic E-state index is -0.864. The Morgan fingerprint density at radius 3 is 2.31 bits per heavy atom. The van der Waals surface area contributed by atoms with Crippen LogP contribution in [-0.4, -0.2) is 40.3 Å². The van der Waals surface area contributed by atoms with Crippen molar-refractivity contribution in [2.45, 2.75) is 0 Å². The average Bonchev–Trinajstić information content (AvgIpc) is 2.58. The van der Waals surface area contributed by atoms with Crippen LogP contribution in [0.1, 0.15) is 0 Å². The van der Waals surface area contributed by atoms with E-state index in [1.54, 1.807) is 0 Å². The number of ketones is 1. The highest BCUT2D eigenvalue weighted by molar-refractivity contribution is 9.09. The molecule has 72 valence electrons. The minimum Gasteiger partial charge on any atom is -0.465 e. The van der Waals surface area contributed by atoms with E-state index in [1.807, 2.05) is 0 Å². The van der Waals surface area contributed by atoms with Crippen LogP contribution in [0.5, 0.6) is 0 Å². The number of nitrogens with zero attached hydrogens (tertiary/aromatic N) is 1. The number of carboxylic acid groups (broad SMARTS) is 1. The largest absolute Gasteiger partial charge is 0.465 e. The summed E-state index contributed by atoms with van der Waals surface area (Å²) in [5.74, 6) is 0.970. The van der Waals surface area contributed by atoms with Gasteiger partial charge in [0.15, 0.2) is 0 Å². The van der Waals surface area contributed by atoms with Gasteiger partial charge in [-0.2, -0.15) is 0 Å². The molecule has 1 unspecified atom stereocenters. The monoisotopic (exact) mass is 247 g/mol. The Morgan fingerprint density at radius 2 is 1.92 bits per heavy atom. The van der Waals surface area contributed by atoms with Crippen LogP contribution in [0, 0.1) is 17.8 Å². The summed E-state index contributed by atoms with van der Waals surface area (Å²) in [6, 6.07) is 0. The van der Waals surface area contributed by atoms with Crippen molar-refractivity contribution in [2.75, 3.05) is 18.4 Å². The number of carbonyl (C=O) groups is 2. The first-order chi connectivity index (χ1) is 6.15. The Bertz CT molecular complexity index is 256. The molecule has 1 saturated carbocycles. The number of halogens is 1. The Morgan fingerprint density at radius 1 is 1.38 bits per heavy atom. The van der Waals surface area contributed by atoms with Crippen LogP contribution in [0.3, 0.4) is 0 Å². The number of alkyl halides is 1. The SMILES string of the molecule is O=C(CBr)[C@H]1C2CN(C(=O)O)C[C@@H]21. The molecular formula is C8H10BrNO3. The highest BCUT2D eigenvalue weighted by Gasteiger charge is 2.59. The fourth-order valence-electron chi connectivity index (χ4n) is 2.25. The van der Waals surface area contributed by atoms with Crippen molar-refractivity contribution >= 4 is 27.8 Å². The lowest BCUT2D eigenvalue weighted by Crippen LogP contribution is -2.31. The maximum atomic E-state index is 11.3. The van der Waals surface area contributed by atoms with Gasteiger partial charge < -0.3 is 10.0 Å². The molecule has 2 rings (SSSR count). The van der Waals surface area contributed by atoms with Crippen LogP contribution in [0.25, 0.3) is 0 Å². The van der Waals surface area contributed by atoms with E-state index < -0.39 is 6.09 Å². The van der Waals surface area contributed by atoms with Crippen molar-refractivity contribution in [1.82, 2.24) is 4.90 Å². The number of hydrogen-bond acceptors (Lipinski definition) is 2. The molecule has 0 aromatic heterocycles. The number of likely N-dealkylation sites (tertiary alicyclic amines) is 1. The van der Waals surface area contributed by atoms with Gasteiger partial charge in [0.2, 0.25) is 0 Å². The van der Waals surface area contributed by atoms with Crippen molar-refractivity contribution in [2.24, 2.45) is 17.8 Å². The average molecular weight is 248 g/mol. The third-order valence-electron chi connectivity index (χ3n) is 2.97. The van der Waals surface area contributed by atoms with E-state index in [4.69, 9.17) is 5.11 Å². The molecule has 0 radical (unpaired) electrons. The van der Waals surface area contributed by atoms with Gasteiger partial charge in [-0.25, -0.2) is 4.79 Å². The molecule has 0 bridgehead atoms. The van der Waals surface area contributed by atoms with Gasteiger partial charge in [-0.05, 0) is 11.8 Å². The molecule has 2 aliphatic rings. The van der Waals surface area contributed by atoms with Crippen molar-refractivity contribution in [1.29, 1.82) is 0 Å². The van der Waals surface area contributed by atoms with Crippen LogP contribution in [0.2, 0.25) is 0 Å². The summed E-state index contributed by atoms with van der Waals surface area (Å²) in [6.07, 6.45) is -0.864. The zero-order valence-electron chi connectivity index (χ0n) is 6.94. The lowest BCUT2D eigenvalue weighted by molar-refractivity contribution is -0.118. The Balaban J connectivity index is 1.90. The highest BCUT2D eigenvalue weighted by Crippen LogP contribution is 2.52. The topological polar surface area (TPSA) is 57.6 Å². The van der Waals surface area contributed by atoms with E-state index in [0.717, 1.165) is 0 Å². The van der Waals surface area contributed by atoms with E-state index in [1.165, 1.54) is 4.90 Å². The van der Waals surface area contributed by atoms with E-state index >= 15 is 0 Å². The Hall–Kier alpha value is -0.580. The van der Waals surface area contributed by atoms with Gasteiger partial charge in [0.05, 0.1) is 5.33 Å². The molecule has 1 aliphatic carbocycles. The second-order valence-corrected chi connectivity index (χ2v) is 4.20. The second-order valence-electron chi connectivity index (χ2n) is 3.64. The summed E-state index contributed by atoms with van der Waals surface area (Å²) < 4.78 is 0. The molecule has 4 nitrogen and oxygen atoms in total. The predicted molar refractivity (Wildman–Crippen MR) is 48.9 cm³/mol. The first-order valence-corrected chi connectivity index (χ1v) is 5.34. The smallest absolute Gasteiger partial charge is 0.407 e. The first-order valence-electron chi connectivity index (χ1n) is 4.21. The maximum absolute atomic E-state index is 11.3. The van der Waals surface area contributed by atoms with Crippen LogP contribution in [0.4, 0.5) is 4.79 Å². The van der Waals surface area contributed by atoms with E-state index in [2.05, 4.69) is 15.9 Å².